The highest BCUT2D eigenvalue weighted by atomic mass is 16.5. The van der Waals surface area contributed by atoms with Crippen molar-refractivity contribution in [3.05, 3.63) is 35.9 Å². The van der Waals surface area contributed by atoms with Crippen LogP contribution in [-0.4, -0.2) is 12.9 Å². The minimum Gasteiger partial charge on any atom is -0.497 e. The zero-order chi connectivity index (χ0) is 12.1. The van der Waals surface area contributed by atoms with E-state index in [1.165, 1.54) is 0 Å². The third kappa shape index (κ3) is 3.12. The molecule has 0 fully saturated rings. The van der Waals surface area contributed by atoms with Gasteiger partial charge in [0, 0.05) is 17.7 Å². The second-order valence-electron chi connectivity index (χ2n) is 3.83. The minimum atomic E-state index is 0.0272. The molecule has 86 valence electrons. The van der Waals surface area contributed by atoms with Crippen molar-refractivity contribution in [1.29, 1.82) is 0 Å². The molecule has 0 aromatic heterocycles. The zero-order valence-electron chi connectivity index (χ0n) is 9.75. The van der Waals surface area contributed by atoms with Crippen LogP contribution in [0.15, 0.2) is 30.4 Å². The smallest absolute Gasteiger partial charge is 0.165 e. The molecule has 1 rings (SSSR count). The summed E-state index contributed by atoms with van der Waals surface area (Å²) in [6, 6.07) is 5.10. The van der Waals surface area contributed by atoms with Crippen molar-refractivity contribution >= 4 is 11.5 Å². The van der Waals surface area contributed by atoms with Gasteiger partial charge in [0.15, 0.2) is 5.78 Å². The second-order valence-corrected chi connectivity index (χ2v) is 3.83. The molecule has 1 aromatic rings. The Bertz CT molecular complexity index is 410. The summed E-state index contributed by atoms with van der Waals surface area (Å²) >= 11 is 0. The van der Waals surface area contributed by atoms with Gasteiger partial charge in [0.25, 0.3) is 0 Å². The van der Waals surface area contributed by atoms with Gasteiger partial charge in [0.2, 0.25) is 0 Å². The Morgan fingerprint density at radius 2 is 2.12 bits per heavy atom. The minimum absolute atomic E-state index is 0.0272. The first-order chi connectivity index (χ1) is 7.54. The predicted molar refractivity (Wildman–Crippen MR) is 65.8 cm³/mol. The van der Waals surface area contributed by atoms with Gasteiger partial charge in [-0.15, -0.1) is 6.58 Å². The monoisotopic (exact) mass is 219 g/mol. The van der Waals surface area contributed by atoms with Crippen LogP contribution in [0.2, 0.25) is 0 Å². The molecule has 16 heavy (non-hydrogen) atoms. The SMILES string of the molecule is C=C(C)CCC(=O)c1cc(OC)ccc1N. The lowest BCUT2D eigenvalue weighted by atomic mass is 10.0. The Morgan fingerprint density at radius 1 is 1.44 bits per heavy atom. The fourth-order valence-corrected chi connectivity index (χ4v) is 1.37. The number of hydrogen-bond donors (Lipinski definition) is 1. The molecule has 3 nitrogen and oxygen atoms in total. The molecular formula is C13H17NO2. The average Bonchev–Trinajstić information content (AvgIpc) is 2.26. The van der Waals surface area contributed by atoms with Gasteiger partial charge < -0.3 is 10.5 Å². The molecule has 0 atom stereocenters. The molecule has 0 unspecified atom stereocenters. The molecular weight excluding hydrogens is 202 g/mol. The Labute approximate surface area is 95.9 Å². The number of Topliss-reactive ketones (excluding diaryl/α,β-unsaturated/α-hetero) is 1. The van der Waals surface area contributed by atoms with Gasteiger partial charge in [0.05, 0.1) is 7.11 Å². The summed E-state index contributed by atoms with van der Waals surface area (Å²) in [7, 11) is 1.56. The van der Waals surface area contributed by atoms with Gasteiger partial charge in [0.1, 0.15) is 5.75 Å². The Hall–Kier alpha value is -1.77. The summed E-state index contributed by atoms with van der Waals surface area (Å²) in [5, 5.41) is 0. The first-order valence-electron chi connectivity index (χ1n) is 5.15. The van der Waals surface area contributed by atoms with Crippen molar-refractivity contribution in [2.24, 2.45) is 0 Å². The number of ether oxygens (including phenoxy) is 1. The van der Waals surface area contributed by atoms with E-state index in [1.807, 2.05) is 6.92 Å². The molecule has 0 heterocycles. The standard InChI is InChI=1S/C13H17NO2/c1-9(2)4-7-13(15)11-8-10(16-3)5-6-12(11)14/h5-6,8H,1,4,7,14H2,2-3H3. The summed E-state index contributed by atoms with van der Waals surface area (Å²) in [6.45, 7) is 5.67. The van der Waals surface area contributed by atoms with Crippen molar-refractivity contribution in [2.45, 2.75) is 19.8 Å². The predicted octanol–water partition coefficient (Wildman–Crippen LogP) is 2.82. The first-order valence-corrected chi connectivity index (χ1v) is 5.15. The zero-order valence-corrected chi connectivity index (χ0v) is 9.75. The van der Waals surface area contributed by atoms with E-state index in [9.17, 15) is 4.79 Å². The number of carbonyl (C=O) groups excluding carboxylic acids is 1. The van der Waals surface area contributed by atoms with E-state index >= 15 is 0 Å². The van der Waals surface area contributed by atoms with E-state index in [-0.39, 0.29) is 5.78 Å². The number of ketones is 1. The van der Waals surface area contributed by atoms with E-state index in [2.05, 4.69) is 6.58 Å². The summed E-state index contributed by atoms with van der Waals surface area (Å²) in [5.41, 5.74) is 7.77. The van der Waals surface area contributed by atoms with Crippen LogP contribution in [0.5, 0.6) is 5.75 Å². The molecule has 0 saturated carbocycles. The quantitative estimate of drug-likeness (QED) is 0.470. The largest absolute Gasteiger partial charge is 0.497 e. The normalized spacial score (nSPS) is 9.88. The van der Waals surface area contributed by atoms with Crippen molar-refractivity contribution in [3.8, 4) is 5.75 Å². The molecule has 0 aliphatic heterocycles. The first kappa shape index (κ1) is 12.3. The number of nitrogens with two attached hydrogens (primary N) is 1. The summed E-state index contributed by atoms with van der Waals surface area (Å²) in [6.07, 6.45) is 1.13. The molecule has 0 radical (unpaired) electrons. The maximum absolute atomic E-state index is 11.9. The van der Waals surface area contributed by atoms with Crippen LogP contribution < -0.4 is 10.5 Å². The topological polar surface area (TPSA) is 52.3 Å². The van der Waals surface area contributed by atoms with Crippen LogP contribution in [0.4, 0.5) is 5.69 Å². The average molecular weight is 219 g/mol. The summed E-state index contributed by atoms with van der Waals surface area (Å²) in [4.78, 5) is 11.9. The Morgan fingerprint density at radius 3 is 2.69 bits per heavy atom. The lowest BCUT2D eigenvalue weighted by Crippen LogP contribution is -2.04. The van der Waals surface area contributed by atoms with Crippen molar-refractivity contribution in [2.75, 3.05) is 12.8 Å². The Balaban J connectivity index is 2.85. The molecule has 0 aliphatic rings. The van der Waals surface area contributed by atoms with Crippen molar-refractivity contribution in [3.63, 3.8) is 0 Å². The fourth-order valence-electron chi connectivity index (χ4n) is 1.37. The number of allylic oxidation sites excluding steroid dienone is 1. The summed E-state index contributed by atoms with van der Waals surface area (Å²) < 4.78 is 5.06. The van der Waals surface area contributed by atoms with Gasteiger partial charge in [-0.05, 0) is 31.5 Å². The highest BCUT2D eigenvalue weighted by Crippen LogP contribution is 2.21. The van der Waals surface area contributed by atoms with Crippen LogP contribution >= 0.6 is 0 Å². The van der Waals surface area contributed by atoms with E-state index in [4.69, 9.17) is 10.5 Å². The molecule has 0 saturated heterocycles. The number of carbonyl (C=O) groups is 1. The second kappa shape index (κ2) is 5.35. The van der Waals surface area contributed by atoms with Crippen LogP contribution in [-0.2, 0) is 0 Å². The summed E-state index contributed by atoms with van der Waals surface area (Å²) in [5.74, 6) is 0.673. The lowest BCUT2D eigenvalue weighted by Gasteiger charge is -2.07. The number of rotatable bonds is 5. The molecule has 0 amide bonds. The lowest BCUT2D eigenvalue weighted by molar-refractivity contribution is 0.0983. The maximum Gasteiger partial charge on any atom is 0.165 e. The van der Waals surface area contributed by atoms with Gasteiger partial charge in [-0.3, -0.25) is 4.79 Å². The van der Waals surface area contributed by atoms with Crippen LogP contribution in [0, 0.1) is 0 Å². The molecule has 0 spiro atoms. The highest BCUT2D eigenvalue weighted by Gasteiger charge is 2.10. The van der Waals surface area contributed by atoms with E-state index in [0.717, 1.165) is 5.57 Å². The fraction of sp³-hybridized carbons (Fsp3) is 0.308. The van der Waals surface area contributed by atoms with E-state index in [1.54, 1.807) is 25.3 Å². The third-order valence-corrected chi connectivity index (χ3v) is 2.34. The van der Waals surface area contributed by atoms with E-state index < -0.39 is 0 Å². The molecule has 0 aliphatic carbocycles. The van der Waals surface area contributed by atoms with Crippen LogP contribution in [0.25, 0.3) is 0 Å². The van der Waals surface area contributed by atoms with Gasteiger partial charge in [-0.1, -0.05) is 5.57 Å². The van der Waals surface area contributed by atoms with Gasteiger partial charge >= 0.3 is 0 Å². The number of methoxy groups -OCH3 is 1. The molecule has 1 aromatic carbocycles. The van der Waals surface area contributed by atoms with E-state index in [0.29, 0.717) is 29.8 Å². The highest BCUT2D eigenvalue weighted by molar-refractivity contribution is 6.01. The van der Waals surface area contributed by atoms with Gasteiger partial charge in [-0.25, -0.2) is 0 Å². The number of benzene rings is 1. The molecule has 2 N–H and O–H groups in total. The number of anilines is 1. The van der Waals surface area contributed by atoms with Crippen LogP contribution in [0.1, 0.15) is 30.1 Å². The molecule has 3 heteroatoms. The third-order valence-electron chi connectivity index (χ3n) is 2.34. The Kier molecular flexibility index (Phi) is 4.11. The number of hydrogen-bond acceptors (Lipinski definition) is 3. The maximum atomic E-state index is 11.9. The van der Waals surface area contributed by atoms with Gasteiger partial charge in [-0.2, -0.15) is 0 Å². The molecule has 0 bridgehead atoms. The van der Waals surface area contributed by atoms with Crippen molar-refractivity contribution < 1.29 is 9.53 Å². The van der Waals surface area contributed by atoms with Crippen molar-refractivity contribution in [1.82, 2.24) is 0 Å². The number of nitrogen functional groups attached to an aromatic ring is 1. The van der Waals surface area contributed by atoms with Crippen LogP contribution in [0.3, 0.4) is 0 Å².